The van der Waals surface area contributed by atoms with Gasteiger partial charge in [-0.05, 0) is 29.7 Å². The molecule has 0 bridgehead atoms. The fraction of sp³-hybridized carbons (Fsp3) is 0.250. The van der Waals surface area contributed by atoms with Crippen LogP contribution < -0.4 is 5.32 Å². The third kappa shape index (κ3) is 4.40. The van der Waals surface area contributed by atoms with Gasteiger partial charge >= 0.3 is 0 Å². The number of halogens is 2. The number of rotatable bonds is 6. The summed E-state index contributed by atoms with van der Waals surface area (Å²) in [4.78, 5) is 0. The summed E-state index contributed by atoms with van der Waals surface area (Å²) in [6.07, 6.45) is 0.760. The highest BCUT2D eigenvalue weighted by Gasteiger charge is 2.09. The molecule has 0 aliphatic carbocycles. The Balaban J connectivity index is 1.93. The summed E-state index contributed by atoms with van der Waals surface area (Å²) in [7, 11) is 0. The van der Waals surface area contributed by atoms with Crippen LogP contribution in [0, 0.1) is 5.82 Å². The lowest BCUT2D eigenvalue weighted by Gasteiger charge is -2.17. The Hall–Kier alpha value is -1.23. The van der Waals surface area contributed by atoms with Crippen LogP contribution in [0.3, 0.4) is 0 Å². The van der Waals surface area contributed by atoms with Crippen molar-refractivity contribution in [1.29, 1.82) is 0 Å². The van der Waals surface area contributed by atoms with E-state index in [2.05, 4.69) is 21.2 Å². The predicted octanol–water partition coefficient (Wildman–Crippen LogP) is 3.28. The summed E-state index contributed by atoms with van der Waals surface area (Å²) in [6.45, 7) is 0.645. The Bertz CT molecular complexity index is 547. The maximum atomic E-state index is 13.0. The Labute approximate surface area is 126 Å². The lowest BCUT2D eigenvalue weighted by Crippen LogP contribution is -2.34. The molecule has 2 aromatic rings. The van der Waals surface area contributed by atoms with Crippen LogP contribution in [-0.2, 0) is 13.0 Å². The SMILES string of the molecule is OC[C@H](Cc1ccccc1)NCc1ccc(F)cc1Br. The summed E-state index contributed by atoms with van der Waals surface area (Å²) in [6, 6.07) is 14.6. The Morgan fingerprint density at radius 2 is 1.90 bits per heavy atom. The monoisotopic (exact) mass is 337 g/mol. The molecule has 1 atom stereocenters. The van der Waals surface area contributed by atoms with Crippen LogP contribution in [0.2, 0.25) is 0 Å². The zero-order valence-corrected chi connectivity index (χ0v) is 12.6. The van der Waals surface area contributed by atoms with Gasteiger partial charge in [0, 0.05) is 17.1 Å². The van der Waals surface area contributed by atoms with E-state index < -0.39 is 0 Å². The summed E-state index contributed by atoms with van der Waals surface area (Å²) in [5, 5.41) is 12.7. The third-order valence-corrected chi connectivity index (χ3v) is 3.88. The van der Waals surface area contributed by atoms with Crippen molar-refractivity contribution in [3.63, 3.8) is 0 Å². The van der Waals surface area contributed by atoms with Crippen LogP contribution in [0.5, 0.6) is 0 Å². The molecule has 2 rings (SSSR count). The highest BCUT2D eigenvalue weighted by molar-refractivity contribution is 9.10. The summed E-state index contributed by atoms with van der Waals surface area (Å²) in [5.41, 5.74) is 2.15. The molecule has 0 amide bonds. The molecule has 2 aromatic carbocycles. The van der Waals surface area contributed by atoms with E-state index in [-0.39, 0.29) is 18.5 Å². The maximum Gasteiger partial charge on any atom is 0.124 e. The van der Waals surface area contributed by atoms with Crippen molar-refractivity contribution < 1.29 is 9.50 Å². The highest BCUT2D eigenvalue weighted by Crippen LogP contribution is 2.18. The molecule has 0 aromatic heterocycles. The first kappa shape index (κ1) is 15.2. The fourth-order valence-electron chi connectivity index (χ4n) is 2.02. The lowest BCUT2D eigenvalue weighted by molar-refractivity contribution is 0.240. The number of aliphatic hydroxyl groups is 1. The molecule has 4 heteroatoms. The Morgan fingerprint density at radius 3 is 2.55 bits per heavy atom. The van der Waals surface area contributed by atoms with Crippen molar-refractivity contribution in [2.45, 2.75) is 19.0 Å². The van der Waals surface area contributed by atoms with Crippen LogP contribution in [0.15, 0.2) is 53.0 Å². The first-order valence-electron chi connectivity index (χ1n) is 6.51. The van der Waals surface area contributed by atoms with Gasteiger partial charge in [0.1, 0.15) is 5.82 Å². The van der Waals surface area contributed by atoms with E-state index in [1.54, 1.807) is 6.07 Å². The molecule has 0 unspecified atom stereocenters. The van der Waals surface area contributed by atoms with Gasteiger partial charge in [0.2, 0.25) is 0 Å². The first-order chi connectivity index (χ1) is 9.69. The molecule has 106 valence electrons. The first-order valence-corrected chi connectivity index (χ1v) is 7.30. The molecule has 20 heavy (non-hydrogen) atoms. The van der Waals surface area contributed by atoms with E-state index in [0.29, 0.717) is 6.54 Å². The largest absolute Gasteiger partial charge is 0.395 e. The van der Waals surface area contributed by atoms with E-state index in [9.17, 15) is 9.50 Å². The molecule has 0 heterocycles. The molecule has 0 fully saturated rings. The van der Waals surface area contributed by atoms with Crippen molar-refractivity contribution in [1.82, 2.24) is 5.32 Å². The third-order valence-electron chi connectivity index (χ3n) is 3.14. The smallest absolute Gasteiger partial charge is 0.124 e. The summed E-state index contributed by atoms with van der Waals surface area (Å²) >= 11 is 3.34. The topological polar surface area (TPSA) is 32.3 Å². The molecule has 2 nitrogen and oxygen atoms in total. The molecule has 0 radical (unpaired) electrons. The van der Waals surface area contributed by atoms with Gasteiger partial charge in [-0.15, -0.1) is 0 Å². The number of aliphatic hydroxyl groups excluding tert-OH is 1. The van der Waals surface area contributed by atoms with Gasteiger partial charge < -0.3 is 10.4 Å². The number of benzene rings is 2. The van der Waals surface area contributed by atoms with E-state index in [1.165, 1.54) is 17.7 Å². The van der Waals surface area contributed by atoms with Crippen molar-refractivity contribution >= 4 is 15.9 Å². The molecular weight excluding hydrogens is 321 g/mol. The summed E-state index contributed by atoms with van der Waals surface area (Å²) < 4.78 is 13.7. The normalized spacial score (nSPS) is 12.3. The number of hydrogen-bond acceptors (Lipinski definition) is 2. The minimum Gasteiger partial charge on any atom is -0.395 e. The molecule has 0 aliphatic rings. The Kier molecular flexibility index (Phi) is 5.71. The lowest BCUT2D eigenvalue weighted by atomic mass is 10.1. The second kappa shape index (κ2) is 7.53. The predicted molar refractivity (Wildman–Crippen MR) is 82.0 cm³/mol. The zero-order chi connectivity index (χ0) is 14.4. The van der Waals surface area contributed by atoms with Crippen LogP contribution in [0.4, 0.5) is 4.39 Å². The van der Waals surface area contributed by atoms with Crippen molar-refractivity contribution in [2.75, 3.05) is 6.61 Å². The Morgan fingerprint density at radius 1 is 1.15 bits per heavy atom. The molecule has 0 saturated heterocycles. The molecule has 0 aliphatic heterocycles. The van der Waals surface area contributed by atoms with E-state index in [4.69, 9.17) is 0 Å². The minimum absolute atomic E-state index is 0.0191. The second-order valence-electron chi connectivity index (χ2n) is 4.69. The second-order valence-corrected chi connectivity index (χ2v) is 5.54. The van der Waals surface area contributed by atoms with Crippen LogP contribution >= 0.6 is 15.9 Å². The van der Waals surface area contributed by atoms with Gasteiger partial charge in [-0.3, -0.25) is 0 Å². The van der Waals surface area contributed by atoms with Gasteiger partial charge in [0.05, 0.1) is 6.61 Å². The van der Waals surface area contributed by atoms with Crippen LogP contribution in [-0.4, -0.2) is 17.8 Å². The van der Waals surface area contributed by atoms with Crippen LogP contribution in [0.1, 0.15) is 11.1 Å². The standard InChI is InChI=1S/C16H17BrFNO/c17-16-9-14(18)7-6-13(16)10-19-15(11-20)8-12-4-2-1-3-5-12/h1-7,9,15,19-20H,8,10-11H2/t15-/m0/s1. The minimum atomic E-state index is -0.261. The summed E-state index contributed by atoms with van der Waals surface area (Å²) in [5.74, 6) is -0.261. The highest BCUT2D eigenvalue weighted by atomic mass is 79.9. The average molecular weight is 338 g/mol. The van der Waals surface area contributed by atoms with E-state index in [1.807, 2.05) is 30.3 Å². The van der Waals surface area contributed by atoms with Gasteiger partial charge in [0.25, 0.3) is 0 Å². The van der Waals surface area contributed by atoms with E-state index in [0.717, 1.165) is 16.5 Å². The molecule has 0 saturated carbocycles. The van der Waals surface area contributed by atoms with Crippen molar-refractivity contribution in [3.8, 4) is 0 Å². The van der Waals surface area contributed by atoms with Gasteiger partial charge in [0.15, 0.2) is 0 Å². The molecule has 0 spiro atoms. The van der Waals surface area contributed by atoms with Gasteiger partial charge in [-0.25, -0.2) is 4.39 Å². The van der Waals surface area contributed by atoms with E-state index >= 15 is 0 Å². The number of hydrogen-bond donors (Lipinski definition) is 2. The molecular formula is C16H17BrFNO. The maximum absolute atomic E-state index is 13.0. The van der Waals surface area contributed by atoms with Gasteiger partial charge in [-0.1, -0.05) is 52.3 Å². The molecule has 2 N–H and O–H groups in total. The number of nitrogens with one attached hydrogen (secondary N) is 1. The van der Waals surface area contributed by atoms with Gasteiger partial charge in [-0.2, -0.15) is 0 Å². The van der Waals surface area contributed by atoms with Crippen molar-refractivity contribution in [2.24, 2.45) is 0 Å². The average Bonchev–Trinajstić information content (AvgIpc) is 2.46. The quantitative estimate of drug-likeness (QED) is 0.847. The zero-order valence-electron chi connectivity index (χ0n) is 11.0. The van der Waals surface area contributed by atoms with Crippen LogP contribution in [0.25, 0.3) is 0 Å². The fourth-order valence-corrected chi connectivity index (χ4v) is 2.51. The van der Waals surface area contributed by atoms with Crippen molar-refractivity contribution in [3.05, 3.63) is 69.9 Å².